The summed E-state index contributed by atoms with van der Waals surface area (Å²) in [5.74, 6) is 1.89. The van der Waals surface area contributed by atoms with Crippen LogP contribution in [0, 0.1) is 0 Å². The molecule has 0 fully saturated rings. The molecule has 0 spiro atoms. The van der Waals surface area contributed by atoms with E-state index in [0.717, 1.165) is 12.1 Å². The third-order valence-corrected chi connectivity index (χ3v) is 4.15. The van der Waals surface area contributed by atoms with Gasteiger partial charge in [-0.25, -0.2) is 4.99 Å². The van der Waals surface area contributed by atoms with Crippen molar-refractivity contribution in [2.75, 3.05) is 27.3 Å². The Kier molecular flexibility index (Phi) is 8.23. The molecule has 3 N–H and O–H groups in total. The van der Waals surface area contributed by atoms with Gasteiger partial charge in [0.1, 0.15) is 11.5 Å². The number of benzene rings is 2. The largest absolute Gasteiger partial charge is 0.497 e. The quantitative estimate of drug-likeness (QED) is 0.476. The van der Waals surface area contributed by atoms with E-state index < -0.39 is 6.10 Å². The Bertz CT molecular complexity index is 728. The molecule has 27 heavy (non-hydrogen) atoms. The van der Waals surface area contributed by atoms with Gasteiger partial charge >= 0.3 is 0 Å². The van der Waals surface area contributed by atoms with Crippen LogP contribution in [0.5, 0.6) is 11.5 Å². The number of halogens is 1. The molecular weight excluding hydrogens is 366 g/mol. The van der Waals surface area contributed by atoms with Crippen LogP contribution in [-0.2, 0) is 6.54 Å². The molecule has 0 aliphatic heterocycles. The Morgan fingerprint density at radius 2 is 1.70 bits per heavy atom. The zero-order valence-corrected chi connectivity index (χ0v) is 16.6. The van der Waals surface area contributed by atoms with Gasteiger partial charge in [0.05, 0.1) is 26.9 Å². The fourth-order valence-electron chi connectivity index (χ4n) is 2.43. The normalized spacial score (nSPS) is 12.4. The average molecular weight is 392 g/mol. The molecule has 0 bridgehead atoms. The Morgan fingerprint density at radius 3 is 2.26 bits per heavy atom. The predicted octanol–water partition coefficient (Wildman–Crippen LogP) is 3.15. The standard InChI is InChI=1S/C20H26ClN3O3/c1-4-22-20(23-12-14-5-7-16(21)8-6-14)24-13-19(25)15-9-17(26-2)11-18(10-15)27-3/h5-11,19,25H,4,12-13H2,1-3H3,(H2,22,23,24). The maximum absolute atomic E-state index is 10.5. The van der Waals surface area contributed by atoms with Crippen molar-refractivity contribution in [3.8, 4) is 11.5 Å². The number of nitrogens with one attached hydrogen (secondary N) is 2. The highest BCUT2D eigenvalue weighted by Crippen LogP contribution is 2.26. The lowest BCUT2D eigenvalue weighted by Crippen LogP contribution is -2.39. The number of aliphatic imine (C=N–C) groups is 1. The van der Waals surface area contributed by atoms with Crippen molar-refractivity contribution < 1.29 is 14.6 Å². The number of aliphatic hydroxyl groups excluding tert-OH is 1. The number of ether oxygens (including phenoxy) is 2. The van der Waals surface area contributed by atoms with E-state index in [1.54, 1.807) is 32.4 Å². The van der Waals surface area contributed by atoms with Crippen molar-refractivity contribution in [1.82, 2.24) is 10.6 Å². The van der Waals surface area contributed by atoms with Crippen LogP contribution in [0.4, 0.5) is 0 Å². The molecule has 0 heterocycles. The van der Waals surface area contributed by atoms with Gasteiger partial charge in [0.25, 0.3) is 0 Å². The minimum absolute atomic E-state index is 0.294. The summed E-state index contributed by atoms with van der Waals surface area (Å²) in [6.45, 7) is 3.51. The number of methoxy groups -OCH3 is 2. The fraction of sp³-hybridized carbons (Fsp3) is 0.350. The smallest absolute Gasteiger partial charge is 0.191 e. The molecule has 0 aliphatic rings. The molecule has 1 unspecified atom stereocenters. The fourth-order valence-corrected chi connectivity index (χ4v) is 2.56. The minimum Gasteiger partial charge on any atom is -0.497 e. The molecule has 2 rings (SSSR count). The maximum atomic E-state index is 10.5. The van der Waals surface area contributed by atoms with E-state index in [9.17, 15) is 5.11 Å². The molecule has 2 aromatic rings. The number of hydrogen-bond acceptors (Lipinski definition) is 4. The summed E-state index contributed by atoms with van der Waals surface area (Å²) in [4.78, 5) is 4.54. The second-order valence-electron chi connectivity index (χ2n) is 5.86. The van der Waals surface area contributed by atoms with E-state index in [4.69, 9.17) is 21.1 Å². The number of hydrogen-bond donors (Lipinski definition) is 3. The average Bonchev–Trinajstić information content (AvgIpc) is 2.70. The van der Waals surface area contributed by atoms with Gasteiger partial charge in [0.15, 0.2) is 5.96 Å². The van der Waals surface area contributed by atoms with E-state index in [0.29, 0.717) is 41.1 Å². The van der Waals surface area contributed by atoms with Crippen LogP contribution in [-0.4, -0.2) is 38.4 Å². The van der Waals surface area contributed by atoms with Crippen molar-refractivity contribution in [2.24, 2.45) is 4.99 Å². The molecule has 0 aromatic heterocycles. The lowest BCUT2D eigenvalue weighted by Gasteiger charge is -2.17. The van der Waals surface area contributed by atoms with Crippen molar-refractivity contribution in [1.29, 1.82) is 0 Å². The van der Waals surface area contributed by atoms with Gasteiger partial charge < -0.3 is 25.2 Å². The van der Waals surface area contributed by atoms with Crippen molar-refractivity contribution >= 4 is 17.6 Å². The van der Waals surface area contributed by atoms with Crippen LogP contribution < -0.4 is 20.1 Å². The van der Waals surface area contributed by atoms with Gasteiger partial charge in [-0.3, -0.25) is 0 Å². The zero-order valence-electron chi connectivity index (χ0n) is 15.8. The maximum Gasteiger partial charge on any atom is 0.191 e. The first-order valence-electron chi connectivity index (χ1n) is 8.73. The molecule has 146 valence electrons. The highest BCUT2D eigenvalue weighted by atomic mass is 35.5. The summed E-state index contributed by atoms with van der Waals surface area (Å²) in [6.07, 6.45) is -0.742. The summed E-state index contributed by atoms with van der Waals surface area (Å²) in [5, 5.41) is 17.5. The van der Waals surface area contributed by atoms with E-state index in [1.807, 2.05) is 31.2 Å². The summed E-state index contributed by atoms with van der Waals surface area (Å²) in [5.41, 5.74) is 1.75. The first-order valence-corrected chi connectivity index (χ1v) is 9.11. The highest BCUT2D eigenvalue weighted by Gasteiger charge is 2.12. The molecular formula is C20H26ClN3O3. The molecule has 0 saturated heterocycles. The van der Waals surface area contributed by atoms with Gasteiger partial charge in [0.2, 0.25) is 0 Å². The predicted molar refractivity (Wildman–Crippen MR) is 109 cm³/mol. The van der Waals surface area contributed by atoms with Crippen molar-refractivity contribution in [2.45, 2.75) is 19.6 Å². The topological polar surface area (TPSA) is 75.1 Å². The summed E-state index contributed by atoms with van der Waals surface area (Å²) in [6, 6.07) is 12.9. The lowest BCUT2D eigenvalue weighted by molar-refractivity contribution is 0.180. The van der Waals surface area contributed by atoms with Gasteiger partial charge in [0, 0.05) is 24.2 Å². The van der Waals surface area contributed by atoms with Crippen LogP contribution in [0.15, 0.2) is 47.5 Å². The van der Waals surface area contributed by atoms with E-state index in [-0.39, 0.29) is 0 Å². The van der Waals surface area contributed by atoms with Crippen LogP contribution in [0.25, 0.3) is 0 Å². The van der Waals surface area contributed by atoms with Crippen molar-refractivity contribution in [3.63, 3.8) is 0 Å². The van der Waals surface area contributed by atoms with Gasteiger partial charge in [-0.2, -0.15) is 0 Å². The Balaban J connectivity index is 2.01. The number of rotatable bonds is 8. The van der Waals surface area contributed by atoms with Crippen LogP contribution in [0.3, 0.4) is 0 Å². The first kappa shape index (κ1) is 20.9. The Labute approximate surface area is 165 Å². The van der Waals surface area contributed by atoms with E-state index in [1.165, 1.54) is 0 Å². The monoisotopic (exact) mass is 391 g/mol. The van der Waals surface area contributed by atoms with Gasteiger partial charge in [-0.05, 0) is 42.3 Å². The van der Waals surface area contributed by atoms with Crippen LogP contribution in [0.2, 0.25) is 5.02 Å². The lowest BCUT2D eigenvalue weighted by atomic mass is 10.1. The van der Waals surface area contributed by atoms with Gasteiger partial charge in [-0.15, -0.1) is 0 Å². The molecule has 0 radical (unpaired) electrons. The summed E-state index contributed by atoms with van der Waals surface area (Å²) >= 11 is 5.90. The van der Waals surface area contributed by atoms with Crippen LogP contribution >= 0.6 is 11.6 Å². The molecule has 7 heteroatoms. The van der Waals surface area contributed by atoms with E-state index >= 15 is 0 Å². The minimum atomic E-state index is -0.742. The zero-order chi connectivity index (χ0) is 19.6. The SMILES string of the molecule is CCNC(=NCc1ccc(Cl)cc1)NCC(O)c1cc(OC)cc(OC)c1. The highest BCUT2D eigenvalue weighted by molar-refractivity contribution is 6.30. The third kappa shape index (κ3) is 6.66. The molecule has 0 amide bonds. The molecule has 6 nitrogen and oxygen atoms in total. The number of aliphatic hydroxyl groups is 1. The Morgan fingerprint density at radius 1 is 1.07 bits per heavy atom. The first-order chi connectivity index (χ1) is 13.0. The summed E-state index contributed by atoms with van der Waals surface area (Å²) < 4.78 is 10.5. The molecule has 0 aliphatic carbocycles. The summed E-state index contributed by atoms with van der Waals surface area (Å²) in [7, 11) is 3.16. The van der Waals surface area contributed by atoms with Crippen molar-refractivity contribution in [3.05, 3.63) is 58.6 Å². The van der Waals surface area contributed by atoms with Gasteiger partial charge in [-0.1, -0.05) is 23.7 Å². The Hall–Kier alpha value is -2.44. The number of nitrogens with zero attached hydrogens (tertiary/aromatic N) is 1. The molecule has 2 aromatic carbocycles. The second kappa shape index (κ2) is 10.6. The number of guanidine groups is 1. The third-order valence-electron chi connectivity index (χ3n) is 3.90. The molecule has 0 saturated carbocycles. The van der Waals surface area contributed by atoms with E-state index in [2.05, 4.69) is 15.6 Å². The molecule has 1 atom stereocenters. The van der Waals surface area contributed by atoms with Crippen LogP contribution in [0.1, 0.15) is 24.2 Å². The second-order valence-corrected chi connectivity index (χ2v) is 6.30.